The van der Waals surface area contributed by atoms with Crippen LogP contribution in [0.2, 0.25) is 0 Å². The number of benzene rings is 2. The first-order valence-electron chi connectivity index (χ1n) is 8.13. The number of nitrogens with zero attached hydrogens (tertiary/aromatic N) is 1. The Morgan fingerprint density at radius 2 is 1.78 bits per heavy atom. The van der Waals surface area contributed by atoms with Gasteiger partial charge in [0.2, 0.25) is 0 Å². The molecule has 1 atom stereocenters. The molecule has 0 aliphatic heterocycles. The summed E-state index contributed by atoms with van der Waals surface area (Å²) in [6.07, 6.45) is 0.130. The third-order valence-corrected chi connectivity index (χ3v) is 3.97. The van der Waals surface area contributed by atoms with Crippen LogP contribution in [0.4, 0.5) is 0 Å². The van der Waals surface area contributed by atoms with Crippen LogP contribution in [-0.4, -0.2) is 28.3 Å². The van der Waals surface area contributed by atoms with E-state index in [9.17, 15) is 5.11 Å². The second-order valence-corrected chi connectivity index (χ2v) is 7.14. The summed E-state index contributed by atoms with van der Waals surface area (Å²) in [5.41, 5.74) is 1.92. The van der Waals surface area contributed by atoms with E-state index in [0.29, 0.717) is 13.0 Å². The smallest absolute Gasteiger partial charge is 0.0720 e. The van der Waals surface area contributed by atoms with Crippen LogP contribution in [0.15, 0.2) is 48.5 Å². The van der Waals surface area contributed by atoms with Gasteiger partial charge in [-0.3, -0.25) is 4.98 Å². The molecular weight excluding hydrogens is 284 g/mol. The van der Waals surface area contributed by atoms with E-state index >= 15 is 0 Å². The van der Waals surface area contributed by atoms with Gasteiger partial charge in [0.15, 0.2) is 0 Å². The van der Waals surface area contributed by atoms with Gasteiger partial charge in [0, 0.05) is 29.6 Å². The van der Waals surface area contributed by atoms with Crippen molar-refractivity contribution in [2.75, 3.05) is 6.54 Å². The van der Waals surface area contributed by atoms with Crippen molar-refractivity contribution in [1.29, 1.82) is 0 Å². The molecule has 120 valence electrons. The summed E-state index contributed by atoms with van der Waals surface area (Å²) in [7, 11) is 0. The molecule has 3 nitrogen and oxygen atoms in total. The van der Waals surface area contributed by atoms with Gasteiger partial charge in [-0.15, -0.1) is 0 Å². The number of β-amino-alcohol motifs (C(OH)–C–C–N with tert-alkyl or cyclic N) is 1. The van der Waals surface area contributed by atoms with Gasteiger partial charge < -0.3 is 10.4 Å². The lowest BCUT2D eigenvalue weighted by Gasteiger charge is -2.22. The van der Waals surface area contributed by atoms with E-state index in [1.54, 1.807) is 0 Å². The molecule has 3 rings (SSSR count). The minimum atomic E-state index is -0.431. The predicted octanol–water partition coefficient (Wildman–Crippen LogP) is 3.68. The van der Waals surface area contributed by atoms with Crippen LogP contribution in [0.1, 0.15) is 26.5 Å². The quantitative estimate of drug-likeness (QED) is 0.723. The largest absolute Gasteiger partial charge is 0.391 e. The van der Waals surface area contributed by atoms with Gasteiger partial charge in [-0.2, -0.15) is 0 Å². The summed E-state index contributed by atoms with van der Waals surface area (Å²) in [5.74, 6) is 0. The highest BCUT2D eigenvalue weighted by molar-refractivity contribution is 6.05. The maximum Gasteiger partial charge on any atom is 0.0720 e. The molecule has 0 saturated carbocycles. The molecule has 3 aromatic rings. The van der Waals surface area contributed by atoms with Crippen molar-refractivity contribution >= 4 is 21.7 Å². The molecule has 0 radical (unpaired) electrons. The molecule has 23 heavy (non-hydrogen) atoms. The van der Waals surface area contributed by atoms with Crippen LogP contribution in [0.5, 0.6) is 0 Å². The van der Waals surface area contributed by atoms with Crippen LogP contribution >= 0.6 is 0 Å². The lowest BCUT2D eigenvalue weighted by molar-refractivity contribution is 0.160. The molecule has 0 saturated heterocycles. The normalized spacial score (nSPS) is 13.6. The molecule has 0 aliphatic carbocycles. The van der Waals surface area contributed by atoms with Crippen molar-refractivity contribution in [2.45, 2.75) is 38.8 Å². The summed E-state index contributed by atoms with van der Waals surface area (Å²) < 4.78 is 0. The van der Waals surface area contributed by atoms with E-state index in [-0.39, 0.29) is 5.54 Å². The third-order valence-electron chi connectivity index (χ3n) is 3.97. The van der Waals surface area contributed by atoms with Gasteiger partial charge >= 0.3 is 0 Å². The number of aromatic nitrogens is 1. The molecule has 0 fully saturated rings. The summed E-state index contributed by atoms with van der Waals surface area (Å²) in [6, 6.07) is 16.6. The minimum absolute atomic E-state index is 0.0106. The standard InChI is InChI=1S/C20H24N2O/c1-20(2,3)21-13-16(23)12-15-9-10-18-17-7-5-4-6-14(17)8-11-19(18)22-15/h4-11,16,21,23H,12-13H2,1-3H3/t16-/m1/s1. The lowest BCUT2D eigenvalue weighted by atomic mass is 10.0. The molecule has 0 spiro atoms. The Bertz CT molecular complexity index is 821. The number of nitrogens with one attached hydrogen (secondary N) is 1. The highest BCUT2D eigenvalue weighted by atomic mass is 16.3. The van der Waals surface area contributed by atoms with E-state index in [0.717, 1.165) is 16.6 Å². The Kier molecular flexibility index (Phi) is 4.33. The van der Waals surface area contributed by atoms with Crippen LogP contribution in [0.25, 0.3) is 21.7 Å². The molecule has 3 heteroatoms. The molecular formula is C20H24N2O. The van der Waals surface area contributed by atoms with Gasteiger partial charge in [-0.1, -0.05) is 36.4 Å². The van der Waals surface area contributed by atoms with Gasteiger partial charge in [0.05, 0.1) is 11.6 Å². The summed E-state index contributed by atoms with van der Waals surface area (Å²) in [5, 5.41) is 17.1. The summed E-state index contributed by atoms with van der Waals surface area (Å²) >= 11 is 0. The monoisotopic (exact) mass is 308 g/mol. The van der Waals surface area contributed by atoms with Gasteiger partial charge in [-0.05, 0) is 43.7 Å². The Morgan fingerprint density at radius 1 is 1.00 bits per heavy atom. The van der Waals surface area contributed by atoms with E-state index in [1.807, 2.05) is 6.07 Å². The van der Waals surface area contributed by atoms with Crippen molar-refractivity contribution in [3.63, 3.8) is 0 Å². The zero-order valence-corrected chi connectivity index (χ0v) is 14.0. The zero-order chi connectivity index (χ0) is 16.4. The predicted molar refractivity (Wildman–Crippen MR) is 96.7 cm³/mol. The Morgan fingerprint density at radius 3 is 2.57 bits per heavy atom. The highest BCUT2D eigenvalue weighted by Crippen LogP contribution is 2.24. The first-order valence-corrected chi connectivity index (χ1v) is 8.13. The van der Waals surface area contributed by atoms with E-state index < -0.39 is 6.10 Å². The number of rotatable bonds is 4. The molecule has 2 N–H and O–H groups in total. The molecule has 1 aromatic heterocycles. The van der Waals surface area contributed by atoms with Crippen molar-refractivity contribution < 1.29 is 5.11 Å². The van der Waals surface area contributed by atoms with E-state index in [2.05, 4.69) is 68.6 Å². The maximum atomic E-state index is 10.2. The van der Waals surface area contributed by atoms with Gasteiger partial charge in [0.25, 0.3) is 0 Å². The van der Waals surface area contributed by atoms with Crippen molar-refractivity contribution in [3.05, 3.63) is 54.2 Å². The number of fused-ring (bicyclic) bond motifs is 3. The molecule has 0 unspecified atom stereocenters. The topological polar surface area (TPSA) is 45.1 Å². The number of hydrogen-bond acceptors (Lipinski definition) is 3. The lowest BCUT2D eigenvalue weighted by Crippen LogP contribution is -2.41. The fourth-order valence-electron chi connectivity index (χ4n) is 2.78. The number of aliphatic hydroxyl groups is 1. The van der Waals surface area contributed by atoms with Gasteiger partial charge in [0.1, 0.15) is 0 Å². The second-order valence-electron chi connectivity index (χ2n) is 7.14. The van der Waals surface area contributed by atoms with E-state index in [4.69, 9.17) is 4.98 Å². The van der Waals surface area contributed by atoms with Crippen LogP contribution in [-0.2, 0) is 6.42 Å². The molecule has 0 bridgehead atoms. The Labute approximate surface area is 137 Å². The Hall–Kier alpha value is -1.97. The number of hydrogen-bond donors (Lipinski definition) is 2. The SMILES string of the molecule is CC(C)(C)NC[C@H](O)Cc1ccc2c(ccc3ccccc32)n1. The van der Waals surface area contributed by atoms with E-state index in [1.165, 1.54) is 10.8 Å². The summed E-state index contributed by atoms with van der Waals surface area (Å²) in [6.45, 7) is 6.86. The fraction of sp³-hybridized carbons (Fsp3) is 0.350. The van der Waals surface area contributed by atoms with Crippen molar-refractivity contribution in [3.8, 4) is 0 Å². The second kappa shape index (κ2) is 6.26. The first kappa shape index (κ1) is 15.9. The van der Waals surface area contributed by atoms with Gasteiger partial charge in [-0.25, -0.2) is 0 Å². The number of pyridine rings is 1. The van der Waals surface area contributed by atoms with Crippen LogP contribution < -0.4 is 5.32 Å². The third kappa shape index (κ3) is 3.87. The van der Waals surface area contributed by atoms with Crippen LogP contribution in [0.3, 0.4) is 0 Å². The molecule has 0 amide bonds. The number of aliphatic hydroxyl groups excluding tert-OH is 1. The average molecular weight is 308 g/mol. The van der Waals surface area contributed by atoms with Crippen molar-refractivity contribution in [1.82, 2.24) is 10.3 Å². The highest BCUT2D eigenvalue weighted by Gasteiger charge is 2.13. The fourth-order valence-corrected chi connectivity index (χ4v) is 2.78. The molecule has 0 aliphatic rings. The van der Waals surface area contributed by atoms with Crippen molar-refractivity contribution in [2.24, 2.45) is 0 Å². The first-order chi connectivity index (χ1) is 10.9. The summed E-state index contributed by atoms with van der Waals surface area (Å²) in [4.78, 5) is 4.72. The minimum Gasteiger partial charge on any atom is -0.391 e. The maximum absolute atomic E-state index is 10.2. The molecule has 2 aromatic carbocycles. The van der Waals surface area contributed by atoms with Crippen LogP contribution in [0, 0.1) is 0 Å². The molecule has 1 heterocycles. The zero-order valence-electron chi connectivity index (χ0n) is 14.0. The Balaban J connectivity index is 1.82. The average Bonchev–Trinajstić information content (AvgIpc) is 2.52.